The number of hydrogen-bond acceptors (Lipinski definition) is 2. The maximum atomic E-state index is 13.7. The van der Waals surface area contributed by atoms with Gasteiger partial charge in [0.05, 0.1) is 16.6 Å². The van der Waals surface area contributed by atoms with Gasteiger partial charge in [-0.15, -0.1) is 0 Å². The standard InChI is InChI=1S/C16H13FN2O2/c1-2-9-5-3-4-6-10(9)15-18-13-7-11(16(20)21)12(17)8-14(13)19-15/h3-8H,2H2,1H3,(H,18,19)(H,20,21). The highest BCUT2D eigenvalue weighted by Gasteiger charge is 2.15. The van der Waals surface area contributed by atoms with Crippen molar-refractivity contribution in [1.82, 2.24) is 9.97 Å². The van der Waals surface area contributed by atoms with Crippen LogP contribution in [0.5, 0.6) is 0 Å². The molecule has 5 heteroatoms. The van der Waals surface area contributed by atoms with Gasteiger partial charge in [0.1, 0.15) is 11.6 Å². The number of carbonyl (C=O) groups is 1. The number of carboxylic acids is 1. The summed E-state index contributed by atoms with van der Waals surface area (Å²) in [4.78, 5) is 18.4. The molecule has 1 aromatic heterocycles. The van der Waals surface area contributed by atoms with E-state index >= 15 is 0 Å². The number of aromatic amines is 1. The molecular weight excluding hydrogens is 271 g/mol. The molecule has 0 aliphatic carbocycles. The predicted molar refractivity (Wildman–Crippen MR) is 77.8 cm³/mol. The first-order chi connectivity index (χ1) is 10.1. The van der Waals surface area contributed by atoms with Crippen molar-refractivity contribution in [3.8, 4) is 11.4 Å². The lowest BCUT2D eigenvalue weighted by atomic mass is 10.1. The Morgan fingerprint density at radius 3 is 2.81 bits per heavy atom. The van der Waals surface area contributed by atoms with E-state index in [9.17, 15) is 9.18 Å². The van der Waals surface area contributed by atoms with Gasteiger partial charge in [-0.25, -0.2) is 14.2 Å². The average molecular weight is 284 g/mol. The van der Waals surface area contributed by atoms with Gasteiger partial charge in [0.2, 0.25) is 0 Å². The molecule has 1 heterocycles. The Labute approximate surface area is 120 Å². The summed E-state index contributed by atoms with van der Waals surface area (Å²) < 4.78 is 13.7. The van der Waals surface area contributed by atoms with Crippen LogP contribution in [0.4, 0.5) is 4.39 Å². The SMILES string of the molecule is CCc1ccccc1-c1nc2cc(C(=O)O)c(F)cc2[nH]1. The summed E-state index contributed by atoms with van der Waals surface area (Å²) in [6, 6.07) is 10.2. The molecule has 0 amide bonds. The van der Waals surface area contributed by atoms with E-state index in [0.29, 0.717) is 16.9 Å². The monoisotopic (exact) mass is 284 g/mol. The zero-order valence-corrected chi connectivity index (χ0v) is 11.4. The van der Waals surface area contributed by atoms with Crippen LogP contribution in [0.15, 0.2) is 36.4 Å². The Morgan fingerprint density at radius 1 is 1.33 bits per heavy atom. The number of aromatic carboxylic acids is 1. The molecule has 3 rings (SSSR count). The molecule has 0 fully saturated rings. The lowest BCUT2D eigenvalue weighted by Gasteiger charge is -2.03. The van der Waals surface area contributed by atoms with Crippen LogP contribution >= 0.6 is 0 Å². The molecule has 0 bridgehead atoms. The van der Waals surface area contributed by atoms with Gasteiger partial charge in [0, 0.05) is 11.6 Å². The highest BCUT2D eigenvalue weighted by Crippen LogP contribution is 2.25. The molecule has 2 aromatic carbocycles. The van der Waals surface area contributed by atoms with Crippen LogP contribution in [-0.4, -0.2) is 21.0 Å². The van der Waals surface area contributed by atoms with Crippen molar-refractivity contribution >= 4 is 17.0 Å². The summed E-state index contributed by atoms with van der Waals surface area (Å²) in [5, 5.41) is 8.95. The molecule has 0 unspecified atom stereocenters. The fraction of sp³-hybridized carbons (Fsp3) is 0.125. The quantitative estimate of drug-likeness (QED) is 0.771. The number of imidazole rings is 1. The van der Waals surface area contributed by atoms with Gasteiger partial charge in [-0.2, -0.15) is 0 Å². The molecule has 0 aliphatic heterocycles. The number of benzene rings is 2. The molecule has 106 valence electrons. The largest absolute Gasteiger partial charge is 0.478 e. The number of fused-ring (bicyclic) bond motifs is 1. The Bertz CT molecular complexity index is 839. The van der Waals surface area contributed by atoms with E-state index in [-0.39, 0.29) is 5.56 Å². The summed E-state index contributed by atoms with van der Waals surface area (Å²) >= 11 is 0. The highest BCUT2D eigenvalue weighted by molar-refractivity contribution is 5.93. The van der Waals surface area contributed by atoms with E-state index in [1.54, 1.807) is 0 Å². The fourth-order valence-electron chi connectivity index (χ4n) is 2.38. The molecule has 0 saturated carbocycles. The van der Waals surface area contributed by atoms with E-state index in [1.165, 1.54) is 12.1 Å². The number of aryl methyl sites for hydroxylation is 1. The molecule has 0 aliphatic rings. The molecule has 2 N–H and O–H groups in total. The third-order valence-corrected chi connectivity index (χ3v) is 3.45. The smallest absolute Gasteiger partial charge is 0.338 e. The van der Waals surface area contributed by atoms with Gasteiger partial charge >= 0.3 is 5.97 Å². The van der Waals surface area contributed by atoms with E-state index in [1.807, 2.05) is 31.2 Å². The van der Waals surface area contributed by atoms with Crippen LogP contribution < -0.4 is 0 Å². The normalized spacial score (nSPS) is 11.0. The van der Waals surface area contributed by atoms with Crippen LogP contribution in [0.25, 0.3) is 22.4 Å². The summed E-state index contributed by atoms with van der Waals surface area (Å²) in [5.41, 5.74) is 2.61. The zero-order chi connectivity index (χ0) is 15.0. The lowest BCUT2D eigenvalue weighted by molar-refractivity contribution is 0.0692. The van der Waals surface area contributed by atoms with Gasteiger partial charge in [-0.3, -0.25) is 0 Å². The minimum Gasteiger partial charge on any atom is -0.478 e. The molecule has 0 saturated heterocycles. The van der Waals surface area contributed by atoms with Gasteiger partial charge in [0.25, 0.3) is 0 Å². The van der Waals surface area contributed by atoms with E-state index in [4.69, 9.17) is 5.11 Å². The third-order valence-electron chi connectivity index (χ3n) is 3.45. The summed E-state index contributed by atoms with van der Waals surface area (Å²) in [7, 11) is 0. The maximum Gasteiger partial charge on any atom is 0.338 e. The predicted octanol–water partition coefficient (Wildman–Crippen LogP) is 3.63. The van der Waals surface area contributed by atoms with E-state index < -0.39 is 11.8 Å². The van der Waals surface area contributed by atoms with Gasteiger partial charge in [-0.1, -0.05) is 31.2 Å². The van der Waals surface area contributed by atoms with Crippen LogP contribution in [0.1, 0.15) is 22.8 Å². The molecule has 0 radical (unpaired) electrons. The Hall–Kier alpha value is -2.69. The Balaban J connectivity index is 2.19. The average Bonchev–Trinajstić information content (AvgIpc) is 2.88. The van der Waals surface area contributed by atoms with E-state index in [0.717, 1.165) is 17.5 Å². The minimum atomic E-state index is -1.30. The van der Waals surface area contributed by atoms with Crippen molar-refractivity contribution in [1.29, 1.82) is 0 Å². The topological polar surface area (TPSA) is 66.0 Å². The molecular formula is C16H13FN2O2. The molecule has 21 heavy (non-hydrogen) atoms. The zero-order valence-electron chi connectivity index (χ0n) is 11.4. The first kappa shape index (κ1) is 13.3. The number of carboxylic acid groups (broad SMARTS) is 1. The highest BCUT2D eigenvalue weighted by atomic mass is 19.1. The Morgan fingerprint density at radius 2 is 2.10 bits per heavy atom. The van der Waals surface area contributed by atoms with Crippen LogP contribution in [0.2, 0.25) is 0 Å². The molecule has 3 aromatic rings. The van der Waals surface area contributed by atoms with Crippen molar-refractivity contribution in [3.63, 3.8) is 0 Å². The van der Waals surface area contributed by atoms with Crippen molar-refractivity contribution in [2.75, 3.05) is 0 Å². The van der Waals surface area contributed by atoms with Crippen LogP contribution in [0, 0.1) is 5.82 Å². The van der Waals surface area contributed by atoms with Crippen LogP contribution in [-0.2, 0) is 6.42 Å². The molecule has 0 spiro atoms. The first-order valence-electron chi connectivity index (χ1n) is 6.61. The van der Waals surface area contributed by atoms with Gasteiger partial charge < -0.3 is 10.1 Å². The Kier molecular flexibility index (Phi) is 3.17. The number of hydrogen-bond donors (Lipinski definition) is 2. The maximum absolute atomic E-state index is 13.7. The number of halogens is 1. The van der Waals surface area contributed by atoms with E-state index in [2.05, 4.69) is 9.97 Å². The van der Waals surface area contributed by atoms with Crippen molar-refractivity contribution in [2.45, 2.75) is 13.3 Å². The van der Waals surface area contributed by atoms with Crippen molar-refractivity contribution in [3.05, 3.63) is 53.3 Å². The number of rotatable bonds is 3. The fourth-order valence-corrected chi connectivity index (χ4v) is 2.38. The van der Waals surface area contributed by atoms with Crippen molar-refractivity contribution < 1.29 is 14.3 Å². The first-order valence-corrected chi connectivity index (χ1v) is 6.61. The van der Waals surface area contributed by atoms with Crippen LogP contribution in [0.3, 0.4) is 0 Å². The lowest BCUT2D eigenvalue weighted by Crippen LogP contribution is -1.99. The molecule has 4 nitrogen and oxygen atoms in total. The second kappa shape index (κ2) is 5.01. The van der Waals surface area contributed by atoms with Gasteiger partial charge in [0.15, 0.2) is 0 Å². The second-order valence-electron chi connectivity index (χ2n) is 4.75. The van der Waals surface area contributed by atoms with Crippen molar-refractivity contribution in [2.24, 2.45) is 0 Å². The summed E-state index contributed by atoms with van der Waals surface area (Å²) in [6.07, 6.45) is 0.849. The van der Waals surface area contributed by atoms with Gasteiger partial charge in [-0.05, 0) is 18.1 Å². The number of H-pyrrole nitrogens is 1. The number of aromatic nitrogens is 2. The number of nitrogens with one attached hydrogen (secondary N) is 1. The third kappa shape index (κ3) is 2.27. The second-order valence-corrected chi connectivity index (χ2v) is 4.75. The minimum absolute atomic E-state index is 0.371. The molecule has 0 atom stereocenters. The summed E-state index contributed by atoms with van der Waals surface area (Å²) in [5.74, 6) is -1.45. The number of nitrogens with zero attached hydrogens (tertiary/aromatic N) is 1. The summed E-state index contributed by atoms with van der Waals surface area (Å²) in [6.45, 7) is 2.05.